The number of hydrogen-bond acceptors (Lipinski definition) is 5. The fourth-order valence-electron chi connectivity index (χ4n) is 3.40. The highest BCUT2D eigenvalue weighted by Crippen LogP contribution is 2.34. The van der Waals surface area contributed by atoms with Gasteiger partial charge in [-0.3, -0.25) is 9.69 Å². The molecule has 0 N–H and O–H groups in total. The smallest absolute Gasteiger partial charge is 0.266 e. The molecule has 0 radical (unpaired) electrons. The summed E-state index contributed by atoms with van der Waals surface area (Å²) in [6.07, 6.45) is 2.00. The molecular formula is C22H23ClN2O3S. The van der Waals surface area contributed by atoms with Gasteiger partial charge in [0.05, 0.1) is 22.9 Å². The molecule has 1 aliphatic heterocycles. The molecule has 0 saturated carbocycles. The summed E-state index contributed by atoms with van der Waals surface area (Å²) in [6, 6.07) is 11.1. The molecule has 1 aliphatic rings. The third-order valence-electron chi connectivity index (χ3n) is 5.05. The Morgan fingerprint density at radius 1 is 1.24 bits per heavy atom. The topological polar surface area (TPSA) is 51.7 Å². The van der Waals surface area contributed by atoms with Gasteiger partial charge in [0.1, 0.15) is 5.75 Å². The average molecular weight is 431 g/mol. The van der Waals surface area contributed by atoms with Crippen molar-refractivity contribution in [1.82, 2.24) is 4.98 Å². The zero-order valence-corrected chi connectivity index (χ0v) is 18.1. The summed E-state index contributed by atoms with van der Waals surface area (Å²) in [5.74, 6) is 0.473. The maximum absolute atomic E-state index is 13.1. The molecule has 5 nitrogen and oxygen atoms in total. The number of carbonyl (C=O) groups is 1. The van der Waals surface area contributed by atoms with Gasteiger partial charge in [0.2, 0.25) is 0 Å². The molecule has 1 atom stereocenters. The average Bonchev–Trinajstić information content (AvgIpc) is 3.39. The number of hydrogen-bond donors (Lipinski definition) is 0. The predicted octanol–water partition coefficient (Wildman–Crippen LogP) is 5.16. The Bertz CT molecular complexity index is 974. The lowest BCUT2D eigenvalue weighted by atomic mass is 10.1. The number of fused-ring (bicyclic) bond motifs is 1. The van der Waals surface area contributed by atoms with Gasteiger partial charge in [0.25, 0.3) is 5.91 Å². The van der Waals surface area contributed by atoms with Crippen molar-refractivity contribution < 1.29 is 14.3 Å². The summed E-state index contributed by atoms with van der Waals surface area (Å²) >= 11 is 7.46. The van der Waals surface area contributed by atoms with E-state index in [2.05, 4.69) is 19.1 Å². The molecule has 1 saturated heterocycles. The number of benzene rings is 2. The summed E-state index contributed by atoms with van der Waals surface area (Å²) in [5.41, 5.74) is 3.22. The number of nitrogens with zero attached hydrogens (tertiary/aromatic N) is 2. The minimum Gasteiger partial charge on any atom is -0.484 e. The maximum Gasteiger partial charge on any atom is 0.266 e. The molecule has 152 valence electrons. The van der Waals surface area contributed by atoms with E-state index >= 15 is 0 Å². The van der Waals surface area contributed by atoms with E-state index in [1.807, 2.05) is 6.92 Å². The van der Waals surface area contributed by atoms with E-state index in [0.717, 1.165) is 40.8 Å². The van der Waals surface area contributed by atoms with Crippen LogP contribution in [-0.2, 0) is 9.53 Å². The van der Waals surface area contributed by atoms with Gasteiger partial charge in [-0.2, -0.15) is 0 Å². The number of rotatable bonds is 6. The lowest BCUT2D eigenvalue weighted by Crippen LogP contribution is -2.40. The molecule has 4 rings (SSSR count). The van der Waals surface area contributed by atoms with Crippen LogP contribution in [0.15, 0.2) is 36.4 Å². The Labute approximate surface area is 179 Å². The normalized spacial score (nSPS) is 16.3. The largest absolute Gasteiger partial charge is 0.484 e. The first-order valence-corrected chi connectivity index (χ1v) is 10.9. The van der Waals surface area contributed by atoms with Crippen LogP contribution in [0.25, 0.3) is 10.2 Å². The Morgan fingerprint density at radius 3 is 2.69 bits per heavy atom. The number of anilines is 1. The van der Waals surface area contributed by atoms with Crippen LogP contribution in [-0.4, -0.2) is 36.8 Å². The molecule has 0 aliphatic carbocycles. The first-order chi connectivity index (χ1) is 14.0. The first kappa shape index (κ1) is 20.1. The zero-order valence-electron chi connectivity index (χ0n) is 16.5. The molecule has 29 heavy (non-hydrogen) atoms. The van der Waals surface area contributed by atoms with Gasteiger partial charge < -0.3 is 9.47 Å². The second-order valence-electron chi connectivity index (χ2n) is 7.26. The maximum atomic E-state index is 13.1. The summed E-state index contributed by atoms with van der Waals surface area (Å²) in [5, 5.41) is 1.32. The minimum atomic E-state index is -0.134. The van der Waals surface area contributed by atoms with E-state index in [4.69, 9.17) is 26.1 Å². The van der Waals surface area contributed by atoms with Gasteiger partial charge in [0.15, 0.2) is 11.7 Å². The highest BCUT2D eigenvalue weighted by atomic mass is 35.5. The van der Waals surface area contributed by atoms with Crippen LogP contribution in [0.2, 0.25) is 5.02 Å². The van der Waals surface area contributed by atoms with E-state index in [1.54, 1.807) is 40.5 Å². The molecule has 0 bridgehead atoms. The number of amides is 1. The van der Waals surface area contributed by atoms with Crippen LogP contribution in [0.4, 0.5) is 5.13 Å². The second kappa shape index (κ2) is 8.69. The van der Waals surface area contributed by atoms with E-state index in [9.17, 15) is 4.79 Å². The molecule has 0 spiro atoms. The van der Waals surface area contributed by atoms with Gasteiger partial charge in [0, 0.05) is 11.6 Å². The van der Waals surface area contributed by atoms with Crippen LogP contribution >= 0.6 is 22.9 Å². The predicted molar refractivity (Wildman–Crippen MR) is 117 cm³/mol. The molecule has 1 fully saturated rings. The van der Waals surface area contributed by atoms with E-state index in [0.29, 0.717) is 22.4 Å². The highest BCUT2D eigenvalue weighted by molar-refractivity contribution is 7.22. The number of halogens is 1. The van der Waals surface area contributed by atoms with Gasteiger partial charge in [-0.25, -0.2) is 4.98 Å². The number of aryl methyl sites for hydroxylation is 2. The van der Waals surface area contributed by atoms with Crippen LogP contribution in [0, 0.1) is 13.8 Å². The zero-order chi connectivity index (χ0) is 20.4. The van der Waals surface area contributed by atoms with Crippen molar-refractivity contribution in [3.8, 4) is 5.75 Å². The van der Waals surface area contributed by atoms with Crippen molar-refractivity contribution in [3.05, 3.63) is 52.5 Å². The summed E-state index contributed by atoms with van der Waals surface area (Å²) in [4.78, 5) is 19.6. The number of thiazole rings is 1. The van der Waals surface area contributed by atoms with Gasteiger partial charge in [-0.05, 0) is 62.1 Å². The van der Waals surface area contributed by atoms with Crippen LogP contribution < -0.4 is 9.64 Å². The number of ether oxygens (including phenoxy) is 2. The molecule has 1 aromatic heterocycles. The molecule has 2 aromatic carbocycles. The first-order valence-electron chi connectivity index (χ1n) is 9.68. The third kappa shape index (κ3) is 4.55. The standard InChI is InChI=1S/C22H23ClN2O3S/c1-14-5-6-15(2)21-20(14)24-22(29-21)25(12-18-4-3-11-27-18)19(26)13-28-17-9-7-16(23)8-10-17/h5-10,18H,3-4,11-13H2,1-2H3. The Kier molecular flexibility index (Phi) is 6.04. The van der Waals surface area contributed by atoms with E-state index in [1.165, 1.54) is 0 Å². The van der Waals surface area contributed by atoms with Crippen molar-refractivity contribution in [3.63, 3.8) is 0 Å². The molecule has 1 unspecified atom stereocenters. The van der Waals surface area contributed by atoms with Gasteiger partial charge in [-0.15, -0.1) is 0 Å². The highest BCUT2D eigenvalue weighted by Gasteiger charge is 2.27. The fourth-order valence-corrected chi connectivity index (χ4v) is 4.66. The summed E-state index contributed by atoms with van der Waals surface area (Å²) in [6.45, 7) is 5.27. The molecular weight excluding hydrogens is 408 g/mol. The van der Waals surface area contributed by atoms with Crippen LogP contribution in [0.5, 0.6) is 5.75 Å². The van der Waals surface area contributed by atoms with Crippen molar-refractivity contribution in [2.75, 3.05) is 24.7 Å². The Balaban J connectivity index is 1.58. The molecule has 2 heterocycles. The molecule has 7 heteroatoms. The fraction of sp³-hybridized carbons (Fsp3) is 0.364. The second-order valence-corrected chi connectivity index (χ2v) is 8.67. The minimum absolute atomic E-state index is 0.0312. The monoisotopic (exact) mass is 430 g/mol. The molecule has 1 amide bonds. The van der Waals surface area contributed by atoms with Crippen molar-refractivity contribution in [2.45, 2.75) is 32.8 Å². The van der Waals surface area contributed by atoms with Crippen molar-refractivity contribution >= 4 is 44.2 Å². The lowest BCUT2D eigenvalue weighted by Gasteiger charge is -2.23. The van der Waals surface area contributed by atoms with E-state index in [-0.39, 0.29) is 18.6 Å². The van der Waals surface area contributed by atoms with Crippen molar-refractivity contribution in [1.29, 1.82) is 0 Å². The Morgan fingerprint density at radius 2 is 2.00 bits per heavy atom. The summed E-state index contributed by atoms with van der Waals surface area (Å²) < 4.78 is 12.6. The summed E-state index contributed by atoms with van der Waals surface area (Å²) in [7, 11) is 0. The Hall–Kier alpha value is -2.15. The lowest BCUT2D eigenvalue weighted by molar-refractivity contribution is -0.120. The van der Waals surface area contributed by atoms with Gasteiger partial charge in [-0.1, -0.05) is 35.1 Å². The van der Waals surface area contributed by atoms with E-state index < -0.39 is 0 Å². The number of carbonyl (C=O) groups excluding carboxylic acids is 1. The van der Waals surface area contributed by atoms with Crippen LogP contribution in [0.3, 0.4) is 0 Å². The third-order valence-corrected chi connectivity index (χ3v) is 6.51. The SMILES string of the molecule is Cc1ccc(C)c2sc(N(CC3CCCO3)C(=O)COc3ccc(Cl)cc3)nc12. The van der Waals surface area contributed by atoms with Crippen LogP contribution in [0.1, 0.15) is 24.0 Å². The molecule has 3 aromatic rings. The number of aromatic nitrogens is 1. The van der Waals surface area contributed by atoms with Crippen molar-refractivity contribution in [2.24, 2.45) is 0 Å². The quantitative estimate of drug-likeness (QED) is 0.542. The van der Waals surface area contributed by atoms with Gasteiger partial charge >= 0.3 is 0 Å².